The number of ether oxygens (including phenoxy) is 1. The highest BCUT2D eigenvalue weighted by Gasteiger charge is 2.28. The minimum absolute atomic E-state index is 0.374. The van der Waals surface area contributed by atoms with Gasteiger partial charge in [-0.1, -0.05) is 13.8 Å². The van der Waals surface area contributed by atoms with Crippen LogP contribution in [0.3, 0.4) is 0 Å². The van der Waals surface area contributed by atoms with Crippen LogP contribution in [0.25, 0.3) is 0 Å². The molecule has 5 nitrogen and oxygen atoms in total. The van der Waals surface area contributed by atoms with Gasteiger partial charge in [-0.05, 0) is 19.8 Å². The van der Waals surface area contributed by atoms with Crippen LogP contribution in [0, 0.1) is 6.92 Å². The van der Waals surface area contributed by atoms with Gasteiger partial charge in [0.25, 0.3) is 0 Å². The monoisotopic (exact) mass is 304 g/mol. The Kier molecular flexibility index (Phi) is 4.93. The first-order valence-electron chi connectivity index (χ1n) is 8.56. The number of hydrogen-bond donors (Lipinski definition) is 0. The minimum Gasteiger partial charge on any atom is -0.379 e. The second-order valence-electron chi connectivity index (χ2n) is 6.78. The molecule has 0 unspecified atom stereocenters. The Labute approximate surface area is 133 Å². The Morgan fingerprint density at radius 2 is 2.00 bits per heavy atom. The molecule has 0 radical (unpaired) electrons. The Morgan fingerprint density at radius 1 is 1.23 bits per heavy atom. The fraction of sp³-hybridized carbons (Fsp3) is 0.765. The molecule has 3 rings (SSSR count). The zero-order chi connectivity index (χ0) is 15.5. The first-order chi connectivity index (χ1) is 10.6. The number of morpholine rings is 1. The molecule has 22 heavy (non-hydrogen) atoms. The third kappa shape index (κ3) is 3.58. The van der Waals surface area contributed by atoms with Crippen LogP contribution in [0.5, 0.6) is 0 Å². The molecule has 5 heteroatoms. The number of hydrogen-bond acceptors (Lipinski definition) is 5. The molecule has 0 aromatic carbocycles. The van der Waals surface area contributed by atoms with Crippen molar-refractivity contribution in [3.05, 3.63) is 17.6 Å². The van der Waals surface area contributed by atoms with E-state index in [9.17, 15) is 0 Å². The van der Waals surface area contributed by atoms with Crippen molar-refractivity contribution in [1.29, 1.82) is 0 Å². The molecule has 2 saturated heterocycles. The summed E-state index contributed by atoms with van der Waals surface area (Å²) in [4.78, 5) is 14.4. The van der Waals surface area contributed by atoms with Crippen molar-refractivity contribution in [1.82, 2.24) is 14.9 Å². The summed E-state index contributed by atoms with van der Waals surface area (Å²) in [5.74, 6) is 2.46. The van der Waals surface area contributed by atoms with E-state index in [1.54, 1.807) is 0 Å². The van der Waals surface area contributed by atoms with Gasteiger partial charge in [-0.15, -0.1) is 0 Å². The lowest BCUT2D eigenvalue weighted by atomic mass is 10.2. The molecule has 0 spiro atoms. The smallest absolute Gasteiger partial charge is 0.133 e. The SMILES string of the molecule is Cc1cc(N2CCC[C@@H]2CN2CCOCC2)nc(C(C)C)n1. The number of aryl methyl sites for hydroxylation is 1. The standard InChI is InChI=1S/C17H28N4O/c1-13(2)17-18-14(3)11-16(19-17)21-6-4-5-15(21)12-20-7-9-22-10-8-20/h11,13,15H,4-10,12H2,1-3H3/t15-/m1/s1. The van der Waals surface area contributed by atoms with Gasteiger partial charge >= 0.3 is 0 Å². The lowest BCUT2D eigenvalue weighted by Gasteiger charge is -2.33. The Bertz CT molecular complexity index is 499. The molecular formula is C17H28N4O. The molecule has 3 heterocycles. The van der Waals surface area contributed by atoms with E-state index in [1.165, 1.54) is 12.8 Å². The van der Waals surface area contributed by atoms with Crippen molar-refractivity contribution in [3.8, 4) is 0 Å². The van der Waals surface area contributed by atoms with Gasteiger partial charge in [-0.25, -0.2) is 9.97 Å². The summed E-state index contributed by atoms with van der Waals surface area (Å²) in [6.45, 7) is 12.5. The summed E-state index contributed by atoms with van der Waals surface area (Å²) in [5.41, 5.74) is 1.07. The molecule has 1 aromatic rings. The highest BCUT2D eigenvalue weighted by molar-refractivity contribution is 5.42. The minimum atomic E-state index is 0.374. The van der Waals surface area contributed by atoms with Crippen LogP contribution in [0.4, 0.5) is 5.82 Å². The van der Waals surface area contributed by atoms with E-state index in [1.807, 2.05) is 0 Å². The van der Waals surface area contributed by atoms with Gasteiger partial charge in [0.15, 0.2) is 0 Å². The maximum absolute atomic E-state index is 5.46. The Hall–Kier alpha value is -1.20. The molecule has 0 saturated carbocycles. The van der Waals surface area contributed by atoms with Crippen molar-refractivity contribution in [2.75, 3.05) is 44.3 Å². The van der Waals surface area contributed by atoms with E-state index in [0.29, 0.717) is 12.0 Å². The largest absolute Gasteiger partial charge is 0.379 e. The van der Waals surface area contributed by atoms with Gasteiger partial charge in [-0.3, -0.25) is 4.90 Å². The van der Waals surface area contributed by atoms with Crippen LogP contribution in [0.2, 0.25) is 0 Å². The number of rotatable bonds is 4. The maximum Gasteiger partial charge on any atom is 0.133 e. The van der Waals surface area contributed by atoms with Gasteiger partial charge in [-0.2, -0.15) is 0 Å². The summed E-state index contributed by atoms with van der Waals surface area (Å²) in [5, 5.41) is 0. The third-order valence-corrected chi connectivity index (χ3v) is 4.62. The summed E-state index contributed by atoms with van der Waals surface area (Å²) in [6, 6.07) is 2.72. The number of anilines is 1. The summed E-state index contributed by atoms with van der Waals surface area (Å²) < 4.78 is 5.46. The molecule has 2 fully saturated rings. The lowest BCUT2D eigenvalue weighted by Crippen LogP contribution is -2.45. The molecule has 122 valence electrons. The second kappa shape index (κ2) is 6.92. The fourth-order valence-corrected chi connectivity index (χ4v) is 3.39. The average molecular weight is 304 g/mol. The van der Waals surface area contributed by atoms with Crippen LogP contribution in [0.1, 0.15) is 44.1 Å². The van der Waals surface area contributed by atoms with Crippen molar-refractivity contribution in [3.63, 3.8) is 0 Å². The topological polar surface area (TPSA) is 41.5 Å². The van der Waals surface area contributed by atoms with Crippen LogP contribution in [-0.4, -0.2) is 60.3 Å². The maximum atomic E-state index is 5.46. The van der Waals surface area contributed by atoms with Gasteiger partial charge in [0.1, 0.15) is 11.6 Å². The van der Waals surface area contributed by atoms with E-state index in [4.69, 9.17) is 9.72 Å². The second-order valence-corrected chi connectivity index (χ2v) is 6.78. The zero-order valence-electron chi connectivity index (χ0n) is 14.1. The zero-order valence-corrected chi connectivity index (χ0v) is 14.1. The third-order valence-electron chi connectivity index (χ3n) is 4.62. The van der Waals surface area contributed by atoms with Crippen LogP contribution < -0.4 is 4.90 Å². The average Bonchev–Trinajstić information content (AvgIpc) is 2.96. The molecule has 0 aliphatic carbocycles. The summed E-state index contributed by atoms with van der Waals surface area (Å²) >= 11 is 0. The van der Waals surface area contributed by atoms with Gasteiger partial charge in [0.2, 0.25) is 0 Å². The van der Waals surface area contributed by atoms with E-state index in [-0.39, 0.29) is 0 Å². The van der Waals surface area contributed by atoms with Crippen LogP contribution in [0.15, 0.2) is 6.07 Å². The van der Waals surface area contributed by atoms with Crippen molar-refractivity contribution >= 4 is 5.82 Å². The van der Waals surface area contributed by atoms with Gasteiger partial charge in [0.05, 0.1) is 13.2 Å². The number of nitrogens with zero attached hydrogens (tertiary/aromatic N) is 4. The number of aromatic nitrogens is 2. The molecule has 1 aromatic heterocycles. The highest BCUT2D eigenvalue weighted by atomic mass is 16.5. The first kappa shape index (κ1) is 15.7. The molecule has 0 N–H and O–H groups in total. The first-order valence-corrected chi connectivity index (χ1v) is 8.56. The fourth-order valence-electron chi connectivity index (χ4n) is 3.39. The summed E-state index contributed by atoms with van der Waals surface area (Å²) in [7, 11) is 0. The van der Waals surface area contributed by atoms with E-state index in [2.05, 4.69) is 41.6 Å². The molecular weight excluding hydrogens is 276 g/mol. The normalized spacial score (nSPS) is 23.5. The quantitative estimate of drug-likeness (QED) is 0.853. The van der Waals surface area contributed by atoms with Crippen LogP contribution >= 0.6 is 0 Å². The Morgan fingerprint density at radius 3 is 2.73 bits per heavy atom. The lowest BCUT2D eigenvalue weighted by molar-refractivity contribution is 0.0354. The predicted molar refractivity (Wildman–Crippen MR) is 88.5 cm³/mol. The van der Waals surface area contributed by atoms with Gasteiger partial charge in [0, 0.05) is 49.9 Å². The highest BCUT2D eigenvalue weighted by Crippen LogP contribution is 2.26. The van der Waals surface area contributed by atoms with E-state index >= 15 is 0 Å². The summed E-state index contributed by atoms with van der Waals surface area (Å²) in [6.07, 6.45) is 2.52. The van der Waals surface area contributed by atoms with Gasteiger partial charge < -0.3 is 9.64 Å². The van der Waals surface area contributed by atoms with Crippen LogP contribution in [-0.2, 0) is 4.74 Å². The van der Waals surface area contributed by atoms with E-state index in [0.717, 1.165) is 56.7 Å². The molecule has 0 bridgehead atoms. The Balaban J connectivity index is 1.74. The predicted octanol–water partition coefficient (Wildman–Crippen LogP) is 2.21. The van der Waals surface area contributed by atoms with E-state index < -0.39 is 0 Å². The van der Waals surface area contributed by atoms with Crippen molar-refractivity contribution in [2.45, 2.75) is 45.6 Å². The van der Waals surface area contributed by atoms with Crippen molar-refractivity contribution in [2.24, 2.45) is 0 Å². The molecule has 0 amide bonds. The molecule has 2 aliphatic rings. The molecule has 2 aliphatic heterocycles. The molecule has 1 atom stereocenters. The van der Waals surface area contributed by atoms with Crippen molar-refractivity contribution < 1.29 is 4.74 Å².